The summed E-state index contributed by atoms with van der Waals surface area (Å²) in [6.45, 7) is 0. The summed E-state index contributed by atoms with van der Waals surface area (Å²) < 4.78 is 46.1. The molecule has 0 fully saturated rings. The second-order valence-electron chi connectivity index (χ2n) is 6.84. The molecule has 0 amide bonds. The van der Waals surface area contributed by atoms with Crippen molar-refractivity contribution in [1.29, 1.82) is 0 Å². The summed E-state index contributed by atoms with van der Waals surface area (Å²) in [6, 6.07) is 13.0. The molecule has 0 saturated carbocycles. The molecule has 2 heterocycles. The van der Waals surface area contributed by atoms with Crippen molar-refractivity contribution >= 4 is 22.0 Å². The van der Waals surface area contributed by atoms with E-state index in [1.807, 2.05) is 4.72 Å². The first kappa shape index (κ1) is 18.3. The number of hydrogen-bond acceptors (Lipinski definition) is 7. The predicted octanol–water partition coefficient (Wildman–Crippen LogP) is 2.88. The molecule has 4 N–H and O–H groups in total. The Bertz CT molecular complexity index is 1350. The highest BCUT2D eigenvalue weighted by Gasteiger charge is 2.55. The first-order valence-corrected chi connectivity index (χ1v) is 10.1. The molecular weight excluding hydrogens is 414 g/mol. The number of hydrogen-bond donors (Lipinski definition) is 4. The van der Waals surface area contributed by atoms with Gasteiger partial charge in [0, 0.05) is 29.3 Å². The number of nitrogens with one attached hydrogen (secondary N) is 1. The van der Waals surface area contributed by atoms with E-state index >= 15 is 0 Å². The van der Waals surface area contributed by atoms with Crippen LogP contribution in [-0.2, 0) is 20.6 Å². The lowest BCUT2D eigenvalue weighted by molar-refractivity contribution is 0.0227. The van der Waals surface area contributed by atoms with Gasteiger partial charge in [-0.05, 0) is 18.2 Å². The third kappa shape index (κ3) is 2.51. The van der Waals surface area contributed by atoms with E-state index in [2.05, 4.69) is 0 Å². The van der Waals surface area contributed by atoms with Crippen molar-refractivity contribution in [1.82, 2.24) is 0 Å². The first-order chi connectivity index (χ1) is 14.2. The van der Waals surface area contributed by atoms with Crippen molar-refractivity contribution in [3.63, 3.8) is 0 Å². The Balaban J connectivity index is 1.92. The van der Waals surface area contributed by atoms with Crippen LogP contribution in [0.5, 0.6) is 23.0 Å². The fraction of sp³-hybridized carbons (Fsp3) is 0.0500. The van der Waals surface area contributed by atoms with Gasteiger partial charge in [-0.15, -0.1) is 0 Å². The number of carbonyl (C=O) groups is 1. The Morgan fingerprint density at radius 1 is 0.900 bits per heavy atom. The highest BCUT2D eigenvalue weighted by atomic mass is 32.2. The smallest absolute Gasteiger partial charge is 0.357 e. The van der Waals surface area contributed by atoms with Crippen molar-refractivity contribution in [2.75, 3.05) is 4.72 Å². The topological polar surface area (TPSA) is 142 Å². The first-order valence-electron chi connectivity index (χ1n) is 8.66. The molecule has 1 spiro atoms. The van der Waals surface area contributed by atoms with Crippen LogP contribution in [0.2, 0.25) is 0 Å². The molecule has 152 valence electrons. The minimum Gasteiger partial charge on any atom is -0.508 e. The van der Waals surface area contributed by atoms with E-state index in [1.165, 1.54) is 24.3 Å². The molecule has 0 aromatic heterocycles. The van der Waals surface area contributed by atoms with Crippen LogP contribution >= 0.6 is 0 Å². The van der Waals surface area contributed by atoms with Crippen LogP contribution in [0.25, 0.3) is 0 Å². The van der Waals surface area contributed by atoms with Gasteiger partial charge < -0.3 is 19.7 Å². The van der Waals surface area contributed by atoms with Gasteiger partial charge in [0.2, 0.25) is 0 Å². The van der Waals surface area contributed by atoms with Crippen LogP contribution in [0, 0.1) is 0 Å². The molecule has 1 unspecified atom stereocenters. The SMILES string of the molecule is O=C1OC2(c3ccc(O)cc3Oc3cc(O)cc(NS(=O)(=O)O)c32)c2ccccc21. The van der Waals surface area contributed by atoms with Gasteiger partial charge in [-0.25, -0.2) is 4.79 Å². The summed E-state index contributed by atoms with van der Waals surface area (Å²) in [5.41, 5.74) is -0.823. The molecule has 5 rings (SSSR count). The highest BCUT2D eigenvalue weighted by molar-refractivity contribution is 7.87. The number of ether oxygens (including phenoxy) is 2. The van der Waals surface area contributed by atoms with Gasteiger partial charge in [0.15, 0.2) is 5.60 Å². The Labute approximate surface area is 170 Å². The quantitative estimate of drug-likeness (QED) is 0.361. The summed E-state index contributed by atoms with van der Waals surface area (Å²) in [5, 5.41) is 20.0. The summed E-state index contributed by atoms with van der Waals surface area (Å²) >= 11 is 0. The van der Waals surface area contributed by atoms with Gasteiger partial charge in [-0.1, -0.05) is 18.2 Å². The molecule has 0 aliphatic carbocycles. The van der Waals surface area contributed by atoms with Crippen molar-refractivity contribution in [3.05, 3.63) is 76.9 Å². The van der Waals surface area contributed by atoms with Gasteiger partial charge in [0.1, 0.15) is 23.0 Å². The number of rotatable bonds is 2. The summed E-state index contributed by atoms with van der Waals surface area (Å²) in [5.74, 6) is -1.000. The molecule has 2 aliphatic heterocycles. The van der Waals surface area contributed by atoms with Crippen LogP contribution in [0.1, 0.15) is 27.0 Å². The number of aromatic hydroxyl groups is 2. The van der Waals surface area contributed by atoms with Crippen molar-refractivity contribution in [2.45, 2.75) is 5.60 Å². The number of benzene rings is 3. The lowest BCUT2D eigenvalue weighted by Gasteiger charge is -2.37. The van der Waals surface area contributed by atoms with Gasteiger partial charge in [0.05, 0.1) is 16.8 Å². The van der Waals surface area contributed by atoms with Crippen molar-refractivity contribution in [3.8, 4) is 23.0 Å². The van der Waals surface area contributed by atoms with Crippen LogP contribution < -0.4 is 9.46 Å². The maximum Gasteiger partial charge on any atom is 0.357 e. The Morgan fingerprint density at radius 2 is 1.63 bits per heavy atom. The summed E-state index contributed by atoms with van der Waals surface area (Å²) in [4.78, 5) is 12.7. The van der Waals surface area contributed by atoms with Crippen LogP contribution in [-0.4, -0.2) is 29.2 Å². The highest BCUT2D eigenvalue weighted by Crippen LogP contribution is 2.59. The van der Waals surface area contributed by atoms with Gasteiger partial charge >= 0.3 is 16.3 Å². The predicted molar refractivity (Wildman–Crippen MR) is 103 cm³/mol. The number of carbonyl (C=O) groups excluding carboxylic acids is 1. The molecule has 10 heteroatoms. The van der Waals surface area contributed by atoms with Crippen LogP contribution in [0.3, 0.4) is 0 Å². The fourth-order valence-electron chi connectivity index (χ4n) is 4.01. The molecule has 9 nitrogen and oxygen atoms in total. The van der Waals surface area contributed by atoms with Crippen molar-refractivity contribution in [2.24, 2.45) is 0 Å². The third-order valence-electron chi connectivity index (χ3n) is 5.01. The third-order valence-corrected chi connectivity index (χ3v) is 5.49. The summed E-state index contributed by atoms with van der Waals surface area (Å²) in [6.07, 6.45) is 0. The number of phenols is 2. The van der Waals surface area contributed by atoms with E-state index in [-0.39, 0.29) is 39.8 Å². The van der Waals surface area contributed by atoms with E-state index in [9.17, 15) is 28.0 Å². The largest absolute Gasteiger partial charge is 0.508 e. The van der Waals surface area contributed by atoms with E-state index in [4.69, 9.17) is 9.47 Å². The Kier molecular flexibility index (Phi) is 3.58. The fourth-order valence-corrected chi connectivity index (χ4v) is 4.45. The molecule has 0 bridgehead atoms. The second kappa shape index (κ2) is 5.88. The van der Waals surface area contributed by atoms with E-state index < -0.39 is 21.9 Å². The number of phenolic OH excluding ortho intramolecular Hbond substituents is 2. The van der Waals surface area contributed by atoms with Crippen LogP contribution in [0.4, 0.5) is 5.69 Å². The zero-order valence-corrected chi connectivity index (χ0v) is 15.8. The average Bonchev–Trinajstić information content (AvgIpc) is 2.93. The molecule has 1 atom stereocenters. The zero-order chi connectivity index (χ0) is 21.3. The standard InChI is InChI=1S/C20H13NO8S/c22-10-5-6-14-16(8-10)28-17-9-11(23)7-15(21-30(25,26)27)18(17)20(14)13-4-2-1-3-12(13)19(24)29-20/h1-9,21-23H,(H,25,26,27). The molecule has 2 aliphatic rings. The van der Waals surface area contributed by atoms with Gasteiger partial charge in [-0.3, -0.25) is 9.27 Å². The monoisotopic (exact) mass is 427 g/mol. The molecule has 3 aromatic carbocycles. The number of esters is 1. The van der Waals surface area contributed by atoms with Crippen LogP contribution in [0.15, 0.2) is 54.6 Å². The molecule has 30 heavy (non-hydrogen) atoms. The average molecular weight is 427 g/mol. The molecule has 3 aromatic rings. The molecular formula is C20H13NO8S. The lowest BCUT2D eigenvalue weighted by Crippen LogP contribution is -2.34. The summed E-state index contributed by atoms with van der Waals surface area (Å²) in [7, 11) is -4.75. The van der Waals surface area contributed by atoms with E-state index in [1.54, 1.807) is 24.3 Å². The number of fused-ring (bicyclic) bond motifs is 6. The zero-order valence-electron chi connectivity index (χ0n) is 15.0. The number of anilines is 1. The van der Waals surface area contributed by atoms with Gasteiger partial charge in [0.25, 0.3) is 0 Å². The second-order valence-corrected chi connectivity index (χ2v) is 8.00. The minimum atomic E-state index is -4.75. The van der Waals surface area contributed by atoms with Gasteiger partial charge in [-0.2, -0.15) is 8.42 Å². The molecule has 0 radical (unpaired) electrons. The molecule has 0 saturated heterocycles. The Morgan fingerprint density at radius 3 is 2.40 bits per heavy atom. The van der Waals surface area contributed by atoms with E-state index in [0.29, 0.717) is 11.1 Å². The maximum absolute atomic E-state index is 12.7. The lowest BCUT2D eigenvalue weighted by atomic mass is 9.77. The van der Waals surface area contributed by atoms with E-state index in [0.717, 1.165) is 6.07 Å². The minimum absolute atomic E-state index is 0.0243. The van der Waals surface area contributed by atoms with Crippen molar-refractivity contribution < 1.29 is 37.5 Å². The Hall–Kier alpha value is -3.76. The maximum atomic E-state index is 12.7. The normalized spacial score (nSPS) is 18.8.